The first-order chi connectivity index (χ1) is 10.2. The second-order valence-corrected chi connectivity index (χ2v) is 5.46. The highest BCUT2D eigenvalue weighted by molar-refractivity contribution is 6.39. The van der Waals surface area contributed by atoms with Gasteiger partial charge in [-0.15, -0.1) is 0 Å². The molecule has 0 amide bonds. The van der Waals surface area contributed by atoms with E-state index in [-0.39, 0.29) is 5.82 Å². The zero-order valence-electron chi connectivity index (χ0n) is 11.0. The molecule has 0 aliphatic heterocycles. The average Bonchev–Trinajstić information content (AvgIpc) is 2.48. The van der Waals surface area contributed by atoms with Crippen LogP contribution in [0.2, 0.25) is 10.0 Å². The molecule has 0 aromatic heterocycles. The number of hydrogen-bond donors (Lipinski definition) is 0. The van der Waals surface area contributed by atoms with Gasteiger partial charge in [-0.2, -0.15) is 0 Å². The molecule has 0 nitrogen and oxygen atoms in total. The Balaban J connectivity index is 2.23. The van der Waals surface area contributed by atoms with Crippen molar-refractivity contribution in [2.45, 2.75) is 0 Å². The molecule has 0 saturated heterocycles. The molecule has 21 heavy (non-hydrogen) atoms. The van der Waals surface area contributed by atoms with E-state index in [2.05, 4.69) is 0 Å². The van der Waals surface area contributed by atoms with Gasteiger partial charge in [-0.3, -0.25) is 0 Å². The first kappa shape index (κ1) is 14.1. The van der Waals surface area contributed by atoms with E-state index < -0.39 is 0 Å². The maximum Gasteiger partial charge on any atom is 0.123 e. The third-order valence-corrected chi connectivity index (χ3v) is 3.94. The molecule has 0 atom stereocenters. The molecule has 0 aliphatic carbocycles. The van der Waals surface area contributed by atoms with Crippen molar-refractivity contribution in [2.75, 3.05) is 0 Å². The molecular weight excluding hydrogens is 306 g/mol. The van der Waals surface area contributed by atoms with Crippen LogP contribution in [0.5, 0.6) is 0 Å². The summed E-state index contributed by atoms with van der Waals surface area (Å²) >= 11 is 12.6. The van der Waals surface area contributed by atoms with Crippen LogP contribution in [0.3, 0.4) is 0 Å². The summed E-state index contributed by atoms with van der Waals surface area (Å²) in [5.74, 6) is -0.257. The molecule has 0 saturated carbocycles. The number of hydrogen-bond acceptors (Lipinski definition) is 0. The summed E-state index contributed by atoms with van der Waals surface area (Å²) in [5, 5.41) is 1.19. The van der Waals surface area contributed by atoms with Crippen LogP contribution in [-0.4, -0.2) is 0 Å². The van der Waals surface area contributed by atoms with Crippen molar-refractivity contribution in [3.63, 3.8) is 0 Å². The van der Waals surface area contributed by atoms with E-state index in [1.807, 2.05) is 42.5 Å². The lowest BCUT2D eigenvalue weighted by atomic mass is 9.94. The topological polar surface area (TPSA) is 0 Å². The zero-order valence-corrected chi connectivity index (χ0v) is 12.5. The fourth-order valence-corrected chi connectivity index (χ4v) is 2.94. The van der Waals surface area contributed by atoms with E-state index in [0.717, 1.165) is 22.3 Å². The first-order valence-corrected chi connectivity index (χ1v) is 7.22. The summed E-state index contributed by atoms with van der Waals surface area (Å²) < 4.78 is 13.1. The summed E-state index contributed by atoms with van der Waals surface area (Å²) in [5.41, 5.74) is 3.61. The van der Waals surface area contributed by atoms with E-state index in [9.17, 15) is 4.39 Å². The van der Waals surface area contributed by atoms with Crippen LogP contribution in [0.1, 0.15) is 0 Å². The average molecular weight is 317 g/mol. The Bertz CT molecular complexity index is 759. The van der Waals surface area contributed by atoms with Crippen molar-refractivity contribution in [3.8, 4) is 22.3 Å². The zero-order chi connectivity index (χ0) is 14.8. The van der Waals surface area contributed by atoms with Gasteiger partial charge in [0.2, 0.25) is 0 Å². The highest BCUT2D eigenvalue weighted by Gasteiger charge is 2.13. The molecule has 0 spiro atoms. The molecule has 0 bridgehead atoms. The molecule has 0 heterocycles. The minimum atomic E-state index is -0.257. The monoisotopic (exact) mass is 316 g/mol. The number of rotatable bonds is 2. The molecule has 0 radical (unpaired) electrons. The summed E-state index contributed by atoms with van der Waals surface area (Å²) in [4.78, 5) is 0. The lowest BCUT2D eigenvalue weighted by Gasteiger charge is -2.13. The standard InChI is InChI=1S/C18H11Cl2F/c19-16-6-3-7-17(20)18(16)15-5-2-1-4-14(15)12-8-10-13(21)11-9-12/h1-11H. The van der Waals surface area contributed by atoms with Crippen molar-refractivity contribution in [1.82, 2.24) is 0 Å². The van der Waals surface area contributed by atoms with Gasteiger partial charge >= 0.3 is 0 Å². The Kier molecular flexibility index (Phi) is 3.96. The molecule has 0 unspecified atom stereocenters. The SMILES string of the molecule is Fc1ccc(-c2ccccc2-c2c(Cl)cccc2Cl)cc1. The van der Waals surface area contributed by atoms with Gasteiger partial charge in [-0.1, -0.05) is 65.7 Å². The Labute approximate surface area is 132 Å². The van der Waals surface area contributed by atoms with Crippen molar-refractivity contribution in [1.29, 1.82) is 0 Å². The number of halogens is 3. The quantitative estimate of drug-likeness (QED) is 0.508. The maximum atomic E-state index is 13.1. The summed E-state index contributed by atoms with van der Waals surface area (Å²) in [6.45, 7) is 0. The van der Waals surface area contributed by atoms with Crippen molar-refractivity contribution < 1.29 is 4.39 Å². The smallest absolute Gasteiger partial charge is 0.123 e. The van der Waals surface area contributed by atoms with Crippen molar-refractivity contribution in [3.05, 3.63) is 82.6 Å². The molecule has 0 aliphatic rings. The Morgan fingerprint density at radius 1 is 0.619 bits per heavy atom. The molecular formula is C18H11Cl2F. The van der Waals surface area contributed by atoms with Crippen LogP contribution in [0, 0.1) is 5.82 Å². The van der Waals surface area contributed by atoms with Crippen LogP contribution in [0.25, 0.3) is 22.3 Å². The van der Waals surface area contributed by atoms with Crippen LogP contribution >= 0.6 is 23.2 Å². The van der Waals surface area contributed by atoms with Gasteiger partial charge in [-0.05, 0) is 41.0 Å². The van der Waals surface area contributed by atoms with Gasteiger partial charge in [-0.25, -0.2) is 4.39 Å². The lowest BCUT2D eigenvalue weighted by molar-refractivity contribution is 0.628. The fourth-order valence-electron chi connectivity index (χ4n) is 2.34. The van der Waals surface area contributed by atoms with Crippen molar-refractivity contribution in [2.24, 2.45) is 0 Å². The highest BCUT2D eigenvalue weighted by Crippen LogP contribution is 2.39. The second kappa shape index (κ2) is 5.88. The summed E-state index contributed by atoms with van der Waals surface area (Å²) in [6.07, 6.45) is 0. The van der Waals surface area contributed by atoms with Gasteiger partial charge < -0.3 is 0 Å². The molecule has 3 heteroatoms. The highest BCUT2D eigenvalue weighted by atomic mass is 35.5. The van der Waals surface area contributed by atoms with Crippen LogP contribution in [0.15, 0.2) is 66.7 Å². The predicted octanol–water partition coefficient (Wildman–Crippen LogP) is 6.47. The normalized spacial score (nSPS) is 10.6. The molecule has 0 fully saturated rings. The molecule has 0 N–H and O–H groups in total. The van der Waals surface area contributed by atoms with Crippen LogP contribution < -0.4 is 0 Å². The molecule has 104 valence electrons. The van der Waals surface area contributed by atoms with E-state index in [1.54, 1.807) is 12.1 Å². The third-order valence-electron chi connectivity index (χ3n) is 3.31. The van der Waals surface area contributed by atoms with Gasteiger partial charge in [0, 0.05) is 15.6 Å². The Morgan fingerprint density at radius 2 is 1.19 bits per heavy atom. The van der Waals surface area contributed by atoms with Gasteiger partial charge in [0.1, 0.15) is 5.82 Å². The van der Waals surface area contributed by atoms with Gasteiger partial charge in [0.05, 0.1) is 0 Å². The second-order valence-electron chi connectivity index (χ2n) is 4.65. The minimum Gasteiger partial charge on any atom is -0.207 e. The van der Waals surface area contributed by atoms with E-state index >= 15 is 0 Å². The molecule has 3 rings (SSSR count). The third kappa shape index (κ3) is 2.80. The summed E-state index contributed by atoms with van der Waals surface area (Å²) in [6, 6.07) is 19.6. The first-order valence-electron chi connectivity index (χ1n) is 6.46. The molecule has 3 aromatic rings. The Morgan fingerprint density at radius 3 is 1.81 bits per heavy atom. The van der Waals surface area contributed by atoms with Gasteiger partial charge in [0.25, 0.3) is 0 Å². The van der Waals surface area contributed by atoms with Crippen LogP contribution in [0.4, 0.5) is 4.39 Å². The lowest BCUT2D eigenvalue weighted by Crippen LogP contribution is -1.87. The van der Waals surface area contributed by atoms with Gasteiger partial charge in [0.15, 0.2) is 0 Å². The van der Waals surface area contributed by atoms with E-state index in [0.29, 0.717) is 10.0 Å². The summed E-state index contributed by atoms with van der Waals surface area (Å²) in [7, 11) is 0. The maximum absolute atomic E-state index is 13.1. The Hall–Kier alpha value is -1.83. The van der Waals surface area contributed by atoms with Crippen molar-refractivity contribution >= 4 is 23.2 Å². The van der Waals surface area contributed by atoms with E-state index in [4.69, 9.17) is 23.2 Å². The minimum absolute atomic E-state index is 0.257. The fraction of sp³-hybridized carbons (Fsp3) is 0. The van der Waals surface area contributed by atoms with E-state index in [1.165, 1.54) is 12.1 Å². The number of benzene rings is 3. The molecule has 3 aromatic carbocycles. The predicted molar refractivity (Wildman–Crippen MR) is 87.3 cm³/mol. The largest absolute Gasteiger partial charge is 0.207 e. The van der Waals surface area contributed by atoms with Crippen LogP contribution in [-0.2, 0) is 0 Å².